The molecular weight excluding hydrogens is 334 g/mol. The van der Waals surface area contributed by atoms with Crippen LogP contribution in [0.15, 0.2) is 36.7 Å². The fraction of sp³-hybridized carbons (Fsp3) is 0.316. The molecule has 1 heterocycles. The smallest absolute Gasteiger partial charge is 0.276 e. The Hall–Kier alpha value is -3.09. The van der Waals surface area contributed by atoms with Crippen molar-refractivity contribution in [1.29, 1.82) is 0 Å². The van der Waals surface area contributed by atoms with E-state index in [9.17, 15) is 14.7 Å². The molecule has 2 N–H and O–H groups in total. The number of benzene rings is 1. The first-order valence-corrected chi connectivity index (χ1v) is 8.09. The fourth-order valence-corrected chi connectivity index (χ4v) is 2.39. The van der Waals surface area contributed by atoms with Crippen molar-refractivity contribution < 1.29 is 19.4 Å². The lowest BCUT2D eigenvalue weighted by Crippen LogP contribution is -2.56. The summed E-state index contributed by atoms with van der Waals surface area (Å²) in [6, 6.07) is 6.20. The molecule has 0 saturated heterocycles. The van der Waals surface area contributed by atoms with Gasteiger partial charge in [0.15, 0.2) is 0 Å². The van der Waals surface area contributed by atoms with Crippen molar-refractivity contribution in [2.75, 3.05) is 7.11 Å². The summed E-state index contributed by atoms with van der Waals surface area (Å²) in [5, 5.41) is 11.1. The van der Waals surface area contributed by atoms with Crippen molar-refractivity contribution in [3.05, 3.63) is 53.3 Å². The minimum atomic E-state index is -0.703. The molecule has 0 aliphatic carbocycles. The zero-order valence-electron chi connectivity index (χ0n) is 15.5. The number of rotatable bonds is 3. The summed E-state index contributed by atoms with van der Waals surface area (Å²) in [7, 11) is 1.45. The molecule has 0 unspecified atom stereocenters. The molecule has 26 heavy (non-hydrogen) atoms. The lowest BCUT2D eigenvalue weighted by molar-refractivity contribution is 0.0355. The number of hydrazine groups is 1. The van der Waals surface area contributed by atoms with E-state index in [2.05, 4.69) is 10.4 Å². The van der Waals surface area contributed by atoms with Gasteiger partial charge in [0.2, 0.25) is 0 Å². The van der Waals surface area contributed by atoms with Gasteiger partial charge in [0.1, 0.15) is 11.5 Å². The summed E-state index contributed by atoms with van der Waals surface area (Å²) in [6.07, 6.45) is 2.92. The van der Waals surface area contributed by atoms with Crippen molar-refractivity contribution in [2.45, 2.75) is 33.2 Å². The van der Waals surface area contributed by atoms with Crippen molar-refractivity contribution in [3.63, 3.8) is 0 Å². The van der Waals surface area contributed by atoms with Gasteiger partial charge in [-0.05, 0) is 45.9 Å². The maximum atomic E-state index is 13.0. The summed E-state index contributed by atoms with van der Waals surface area (Å²) < 4.78 is 5.20. The van der Waals surface area contributed by atoms with Crippen LogP contribution in [-0.4, -0.2) is 39.6 Å². The Balaban J connectivity index is 2.38. The van der Waals surface area contributed by atoms with Crippen LogP contribution in [0.3, 0.4) is 0 Å². The van der Waals surface area contributed by atoms with E-state index in [0.29, 0.717) is 11.3 Å². The van der Waals surface area contributed by atoms with E-state index in [-0.39, 0.29) is 16.9 Å². The number of nitrogens with one attached hydrogen (secondary N) is 1. The molecule has 2 amide bonds. The zero-order chi connectivity index (χ0) is 19.5. The Labute approximate surface area is 152 Å². The van der Waals surface area contributed by atoms with Crippen molar-refractivity contribution in [1.82, 2.24) is 15.4 Å². The lowest BCUT2D eigenvalue weighted by atomic mass is 10.1. The highest BCUT2D eigenvalue weighted by Gasteiger charge is 2.31. The molecule has 0 aliphatic rings. The van der Waals surface area contributed by atoms with Crippen molar-refractivity contribution in [2.24, 2.45) is 0 Å². The van der Waals surface area contributed by atoms with Crippen LogP contribution in [0.4, 0.5) is 0 Å². The lowest BCUT2D eigenvalue weighted by Gasteiger charge is -2.35. The number of hydrogen-bond acceptors (Lipinski definition) is 5. The molecule has 0 saturated carbocycles. The molecule has 0 spiro atoms. The minimum absolute atomic E-state index is 0.0158. The average Bonchev–Trinajstić information content (AvgIpc) is 2.60. The Kier molecular flexibility index (Phi) is 5.50. The summed E-state index contributed by atoms with van der Waals surface area (Å²) in [5.74, 6) is -0.589. The van der Waals surface area contributed by atoms with E-state index >= 15 is 0 Å². The number of amides is 2. The Morgan fingerprint density at radius 2 is 1.88 bits per heavy atom. The molecule has 0 atom stereocenters. The quantitative estimate of drug-likeness (QED) is 0.824. The van der Waals surface area contributed by atoms with Crippen molar-refractivity contribution >= 4 is 11.8 Å². The number of nitrogens with zero attached hydrogens (tertiary/aromatic N) is 2. The van der Waals surface area contributed by atoms with Gasteiger partial charge < -0.3 is 9.84 Å². The summed E-state index contributed by atoms with van der Waals surface area (Å²) in [6.45, 7) is 7.04. The molecular formula is C19H23N3O4. The molecule has 1 aromatic heterocycles. The fourth-order valence-electron chi connectivity index (χ4n) is 2.39. The number of carbonyl (C=O) groups excluding carboxylic acids is 2. The first-order valence-electron chi connectivity index (χ1n) is 8.09. The number of methoxy groups -OCH3 is 1. The van der Waals surface area contributed by atoms with Crippen LogP contribution >= 0.6 is 0 Å². The van der Waals surface area contributed by atoms with Crippen LogP contribution in [0, 0.1) is 6.92 Å². The van der Waals surface area contributed by atoms with E-state index in [4.69, 9.17) is 4.74 Å². The molecule has 138 valence electrons. The number of phenols is 1. The van der Waals surface area contributed by atoms with Gasteiger partial charge in [-0.3, -0.25) is 20.0 Å². The highest BCUT2D eigenvalue weighted by molar-refractivity contribution is 6.01. The van der Waals surface area contributed by atoms with Crippen LogP contribution in [-0.2, 0) is 0 Å². The largest absolute Gasteiger partial charge is 0.508 e. The second-order valence-electron chi connectivity index (χ2n) is 6.78. The molecule has 0 radical (unpaired) electrons. The van der Waals surface area contributed by atoms with Gasteiger partial charge in [0.25, 0.3) is 11.8 Å². The molecule has 7 nitrogen and oxygen atoms in total. The summed E-state index contributed by atoms with van der Waals surface area (Å²) >= 11 is 0. The van der Waals surface area contributed by atoms with Crippen LogP contribution in [0.2, 0.25) is 0 Å². The molecule has 0 bridgehead atoms. The van der Waals surface area contributed by atoms with Crippen LogP contribution in [0.25, 0.3) is 0 Å². The minimum Gasteiger partial charge on any atom is -0.508 e. The highest BCUT2D eigenvalue weighted by Crippen LogP contribution is 2.23. The standard InChI is InChI=1S/C19H23N3O4/c1-12-13(7-6-8-15(12)23)17(24)21-22(19(2,3)4)18(25)14-9-10-20-11-16(14)26-5/h6-11,23H,1-5H3,(H,21,24). The topological polar surface area (TPSA) is 91.8 Å². The number of hydrogen-bond donors (Lipinski definition) is 2. The zero-order valence-corrected chi connectivity index (χ0v) is 15.5. The van der Waals surface area contributed by atoms with Crippen molar-refractivity contribution in [3.8, 4) is 11.5 Å². The van der Waals surface area contributed by atoms with Gasteiger partial charge in [0.05, 0.1) is 24.4 Å². The first-order chi connectivity index (χ1) is 12.2. The third kappa shape index (κ3) is 3.93. The Morgan fingerprint density at radius 3 is 2.50 bits per heavy atom. The number of ether oxygens (including phenoxy) is 1. The second-order valence-corrected chi connectivity index (χ2v) is 6.78. The third-order valence-electron chi connectivity index (χ3n) is 3.87. The second kappa shape index (κ2) is 7.43. The normalized spacial score (nSPS) is 11.0. The molecule has 7 heteroatoms. The number of phenolic OH excluding ortho intramolecular Hbond substituents is 1. The third-order valence-corrected chi connectivity index (χ3v) is 3.87. The number of aromatic hydroxyl groups is 1. The Bertz CT molecular complexity index is 828. The number of carbonyl (C=O) groups is 2. The van der Waals surface area contributed by atoms with Gasteiger partial charge in [-0.15, -0.1) is 0 Å². The van der Waals surface area contributed by atoms with Crippen LogP contribution in [0.5, 0.6) is 11.5 Å². The van der Waals surface area contributed by atoms with E-state index in [0.717, 1.165) is 0 Å². The monoisotopic (exact) mass is 357 g/mol. The number of pyridine rings is 1. The maximum Gasteiger partial charge on any atom is 0.276 e. The maximum absolute atomic E-state index is 13.0. The highest BCUT2D eigenvalue weighted by atomic mass is 16.5. The molecule has 2 aromatic rings. The van der Waals surface area contributed by atoms with Gasteiger partial charge >= 0.3 is 0 Å². The van der Waals surface area contributed by atoms with Gasteiger partial charge in [0, 0.05) is 17.3 Å². The van der Waals surface area contributed by atoms with E-state index in [1.165, 1.54) is 36.6 Å². The van der Waals surface area contributed by atoms with E-state index in [1.54, 1.807) is 39.8 Å². The molecule has 2 rings (SSSR count). The average molecular weight is 357 g/mol. The predicted octanol–water partition coefficient (Wildman–Crippen LogP) is 2.69. The number of aromatic nitrogens is 1. The van der Waals surface area contributed by atoms with Gasteiger partial charge in [-0.2, -0.15) is 0 Å². The first kappa shape index (κ1) is 19.2. The molecule has 1 aromatic carbocycles. The van der Waals surface area contributed by atoms with E-state index in [1.807, 2.05) is 0 Å². The van der Waals surface area contributed by atoms with Gasteiger partial charge in [-0.25, -0.2) is 5.01 Å². The van der Waals surface area contributed by atoms with Gasteiger partial charge in [-0.1, -0.05) is 6.07 Å². The summed E-state index contributed by atoms with van der Waals surface area (Å²) in [5.41, 5.74) is 2.95. The predicted molar refractivity (Wildman–Crippen MR) is 97.0 cm³/mol. The van der Waals surface area contributed by atoms with Crippen LogP contribution < -0.4 is 10.2 Å². The summed E-state index contributed by atoms with van der Waals surface area (Å²) in [4.78, 5) is 29.7. The van der Waals surface area contributed by atoms with Crippen LogP contribution in [0.1, 0.15) is 47.1 Å². The SMILES string of the molecule is COc1cnccc1C(=O)N(NC(=O)c1cccc(O)c1C)C(C)(C)C. The Morgan fingerprint density at radius 1 is 1.19 bits per heavy atom. The molecule has 0 aliphatic heterocycles. The molecule has 0 fully saturated rings. The van der Waals surface area contributed by atoms with E-state index < -0.39 is 17.4 Å².